The zero-order valence-corrected chi connectivity index (χ0v) is 16.8. The molecule has 0 aliphatic carbocycles. The fraction of sp³-hybridized carbons (Fsp3) is 0.160. The normalized spacial score (nSPS) is 10.8. The SMILES string of the molecule is CCCCc1[nH]c(-c2ccc([N+](=O)[O-])cc2)nc1-c1ccc(-c2ccccc2)cc1. The van der Waals surface area contributed by atoms with Gasteiger partial charge in [0.2, 0.25) is 0 Å². The number of nitro benzene ring substituents is 1. The van der Waals surface area contributed by atoms with Crippen LogP contribution in [0.2, 0.25) is 0 Å². The van der Waals surface area contributed by atoms with Crippen molar-refractivity contribution in [3.63, 3.8) is 0 Å². The van der Waals surface area contributed by atoms with Gasteiger partial charge in [-0.05, 0) is 36.1 Å². The number of nitro groups is 1. The summed E-state index contributed by atoms with van der Waals surface area (Å²) in [4.78, 5) is 18.8. The summed E-state index contributed by atoms with van der Waals surface area (Å²) in [6.07, 6.45) is 3.07. The average molecular weight is 397 g/mol. The molecule has 30 heavy (non-hydrogen) atoms. The second-order valence-corrected chi connectivity index (χ2v) is 7.26. The zero-order valence-electron chi connectivity index (χ0n) is 16.8. The van der Waals surface area contributed by atoms with Crippen LogP contribution in [-0.2, 0) is 6.42 Å². The Morgan fingerprint density at radius 3 is 2.07 bits per heavy atom. The fourth-order valence-corrected chi connectivity index (χ4v) is 3.51. The molecule has 1 N–H and O–H groups in total. The monoisotopic (exact) mass is 397 g/mol. The summed E-state index contributed by atoms with van der Waals surface area (Å²) in [5, 5.41) is 10.9. The van der Waals surface area contributed by atoms with Crippen LogP contribution in [0.5, 0.6) is 0 Å². The molecule has 4 aromatic rings. The fourth-order valence-electron chi connectivity index (χ4n) is 3.51. The molecule has 1 heterocycles. The van der Waals surface area contributed by atoms with Crippen LogP contribution in [0.15, 0.2) is 78.9 Å². The summed E-state index contributed by atoms with van der Waals surface area (Å²) >= 11 is 0. The van der Waals surface area contributed by atoms with E-state index in [2.05, 4.69) is 48.3 Å². The molecule has 3 aromatic carbocycles. The Hall–Kier alpha value is -3.73. The number of hydrogen-bond acceptors (Lipinski definition) is 3. The Morgan fingerprint density at radius 1 is 0.833 bits per heavy atom. The van der Waals surface area contributed by atoms with Crippen molar-refractivity contribution in [1.29, 1.82) is 0 Å². The van der Waals surface area contributed by atoms with Gasteiger partial charge in [-0.3, -0.25) is 10.1 Å². The lowest BCUT2D eigenvalue weighted by Crippen LogP contribution is -1.90. The number of aryl methyl sites for hydroxylation is 1. The molecule has 0 saturated carbocycles. The maximum Gasteiger partial charge on any atom is 0.269 e. The van der Waals surface area contributed by atoms with Gasteiger partial charge in [-0.2, -0.15) is 0 Å². The number of rotatable bonds is 7. The van der Waals surface area contributed by atoms with Crippen LogP contribution in [0.3, 0.4) is 0 Å². The maximum atomic E-state index is 10.9. The van der Waals surface area contributed by atoms with Crippen molar-refractivity contribution in [2.24, 2.45) is 0 Å². The number of benzene rings is 3. The minimum Gasteiger partial charge on any atom is -0.341 e. The van der Waals surface area contributed by atoms with Gasteiger partial charge < -0.3 is 4.98 Å². The Morgan fingerprint density at radius 2 is 1.43 bits per heavy atom. The number of H-pyrrole nitrogens is 1. The molecular weight excluding hydrogens is 374 g/mol. The summed E-state index contributed by atoms with van der Waals surface area (Å²) in [6.45, 7) is 2.17. The molecule has 150 valence electrons. The largest absolute Gasteiger partial charge is 0.341 e. The van der Waals surface area contributed by atoms with Crippen molar-refractivity contribution in [3.8, 4) is 33.8 Å². The summed E-state index contributed by atoms with van der Waals surface area (Å²) in [5.74, 6) is 0.734. The predicted molar refractivity (Wildman–Crippen MR) is 120 cm³/mol. The van der Waals surface area contributed by atoms with Crippen LogP contribution in [0, 0.1) is 10.1 Å². The topological polar surface area (TPSA) is 71.8 Å². The van der Waals surface area contributed by atoms with Crippen LogP contribution in [-0.4, -0.2) is 14.9 Å². The Bertz CT molecular complexity index is 1130. The highest BCUT2D eigenvalue weighted by Crippen LogP contribution is 2.30. The lowest BCUT2D eigenvalue weighted by atomic mass is 10.0. The highest BCUT2D eigenvalue weighted by Gasteiger charge is 2.14. The van der Waals surface area contributed by atoms with E-state index in [1.807, 2.05) is 18.2 Å². The van der Waals surface area contributed by atoms with E-state index >= 15 is 0 Å². The third kappa shape index (κ3) is 4.15. The highest BCUT2D eigenvalue weighted by atomic mass is 16.6. The summed E-state index contributed by atoms with van der Waals surface area (Å²) in [7, 11) is 0. The van der Waals surface area contributed by atoms with Gasteiger partial charge in [-0.25, -0.2) is 4.98 Å². The summed E-state index contributed by atoms with van der Waals surface area (Å²) < 4.78 is 0. The smallest absolute Gasteiger partial charge is 0.269 e. The number of aromatic amines is 1. The minimum absolute atomic E-state index is 0.0771. The number of unbranched alkanes of at least 4 members (excludes halogenated alkanes) is 1. The maximum absolute atomic E-state index is 10.9. The van der Waals surface area contributed by atoms with Crippen LogP contribution in [0.4, 0.5) is 5.69 Å². The molecule has 0 atom stereocenters. The average Bonchev–Trinajstić information content (AvgIpc) is 3.22. The molecule has 0 radical (unpaired) electrons. The van der Waals surface area contributed by atoms with E-state index in [1.165, 1.54) is 23.3 Å². The van der Waals surface area contributed by atoms with E-state index in [9.17, 15) is 10.1 Å². The lowest BCUT2D eigenvalue weighted by molar-refractivity contribution is -0.384. The molecule has 0 fully saturated rings. The number of hydrogen-bond donors (Lipinski definition) is 1. The minimum atomic E-state index is -0.391. The molecule has 0 bridgehead atoms. The molecule has 0 spiro atoms. The first-order valence-electron chi connectivity index (χ1n) is 10.2. The molecule has 0 aliphatic rings. The van der Waals surface area contributed by atoms with E-state index in [1.54, 1.807) is 12.1 Å². The molecule has 5 nitrogen and oxygen atoms in total. The van der Waals surface area contributed by atoms with Crippen molar-refractivity contribution in [3.05, 3.63) is 94.7 Å². The van der Waals surface area contributed by atoms with Crippen molar-refractivity contribution in [2.75, 3.05) is 0 Å². The molecule has 0 saturated heterocycles. The van der Waals surface area contributed by atoms with Crippen LogP contribution in [0.25, 0.3) is 33.8 Å². The van der Waals surface area contributed by atoms with E-state index < -0.39 is 4.92 Å². The van der Waals surface area contributed by atoms with E-state index in [-0.39, 0.29) is 5.69 Å². The molecule has 0 amide bonds. The highest BCUT2D eigenvalue weighted by molar-refractivity contribution is 5.72. The quantitative estimate of drug-likeness (QED) is 0.280. The van der Waals surface area contributed by atoms with Gasteiger partial charge in [0.15, 0.2) is 0 Å². The third-order valence-electron chi connectivity index (χ3n) is 5.18. The molecular formula is C25H23N3O2. The van der Waals surface area contributed by atoms with Gasteiger partial charge in [0, 0.05) is 29.0 Å². The van der Waals surface area contributed by atoms with Crippen LogP contribution in [0.1, 0.15) is 25.5 Å². The van der Waals surface area contributed by atoms with Crippen LogP contribution < -0.4 is 0 Å². The molecule has 4 rings (SSSR count). The van der Waals surface area contributed by atoms with Gasteiger partial charge in [0.25, 0.3) is 5.69 Å². The molecule has 0 unspecified atom stereocenters. The first-order valence-corrected chi connectivity index (χ1v) is 10.2. The van der Waals surface area contributed by atoms with Gasteiger partial charge in [0.1, 0.15) is 5.82 Å². The summed E-state index contributed by atoms with van der Waals surface area (Å²) in [6, 6.07) is 25.2. The van der Waals surface area contributed by atoms with Crippen molar-refractivity contribution >= 4 is 5.69 Å². The zero-order chi connectivity index (χ0) is 20.9. The van der Waals surface area contributed by atoms with E-state index in [0.717, 1.165) is 47.6 Å². The number of aromatic nitrogens is 2. The second kappa shape index (κ2) is 8.74. The van der Waals surface area contributed by atoms with E-state index in [4.69, 9.17) is 4.98 Å². The number of non-ortho nitro benzene ring substituents is 1. The lowest BCUT2D eigenvalue weighted by Gasteiger charge is -2.05. The first kappa shape index (κ1) is 19.6. The number of imidazole rings is 1. The predicted octanol–water partition coefficient (Wildman–Crippen LogP) is 6.66. The molecule has 0 aliphatic heterocycles. The number of nitrogens with one attached hydrogen (secondary N) is 1. The standard InChI is InChI=1S/C25H23N3O2/c1-2-3-9-23-24(20-12-10-19(11-13-20)18-7-5-4-6-8-18)27-25(26-23)21-14-16-22(17-15-21)28(29)30/h4-8,10-17H,2-3,9H2,1H3,(H,26,27). The van der Waals surface area contributed by atoms with E-state index in [0.29, 0.717) is 0 Å². The molecule has 5 heteroatoms. The Kier molecular flexibility index (Phi) is 5.70. The Balaban J connectivity index is 1.68. The third-order valence-corrected chi connectivity index (χ3v) is 5.18. The Labute approximate surface area is 175 Å². The van der Waals surface area contributed by atoms with Crippen molar-refractivity contribution in [1.82, 2.24) is 9.97 Å². The molecule has 1 aromatic heterocycles. The van der Waals surface area contributed by atoms with Gasteiger partial charge in [-0.1, -0.05) is 67.9 Å². The second-order valence-electron chi connectivity index (χ2n) is 7.26. The van der Waals surface area contributed by atoms with Crippen molar-refractivity contribution in [2.45, 2.75) is 26.2 Å². The van der Waals surface area contributed by atoms with Gasteiger partial charge >= 0.3 is 0 Å². The summed E-state index contributed by atoms with van der Waals surface area (Å²) in [5.41, 5.74) is 6.36. The van der Waals surface area contributed by atoms with Gasteiger partial charge in [-0.15, -0.1) is 0 Å². The van der Waals surface area contributed by atoms with Crippen LogP contribution >= 0.6 is 0 Å². The van der Waals surface area contributed by atoms with Gasteiger partial charge in [0.05, 0.1) is 10.6 Å². The van der Waals surface area contributed by atoms with Crippen molar-refractivity contribution < 1.29 is 4.92 Å². The first-order chi connectivity index (χ1) is 14.7. The number of nitrogens with zero attached hydrogens (tertiary/aromatic N) is 2.